The highest BCUT2D eigenvalue weighted by molar-refractivity contribution is 9.10. The first-order chi connectivity index (χ1) is 6.61. The van der Waals surface area contributed by atoms with Crippen LogP contribution in [-0.2, 0) is 0 Å². The molecule has 14 heavy (non-hydrogen) atoms. The highest BCUT2D eigenvalue weighted by Gasteiger charge is 2.18. The van der Waals surface area contributed by atoms with Gasteiger partial charge in [-0.25, -0.2) is 4.39 Å². The molecule has 1 aromatic heterocycles. The summed E-state index contributed by atoms with van der Waals surface area (Å²) in [5, 5.41) is 12.6. The van der Waals surface area contributed by atoms with Gasteiger partial charge in [0.1, 0.15) is 5.82 Å². The molecule has 0 saturated heterocycles. The first-order valence-electron chi connectivity index (χ1n) is 3.61. The molecule has 2 aromatic rings. The Morgan fingerprint density at radius 3 is 2.86 bits per heavy atom. The maximum Gasteiger partial charge on any atom is 0.279 e. The Morgan fingerprint density at radius 2 is 2.21 bits per heavy atom. The van der Waals surface area contributed by atoms with Gasteiger partial charge in [0.05, 0.1) is 15.0 Å². The molecule has 1 heterocycles. The molecule has 2 rings (SSSR count). The Kier molecular flexibility index (Phi) is 2.24. The molecule has 72 valence electrons. The van der Waals surface area contributed by atoms with E-state index in [1.165, 1.54) is 6.07 Å². The molecule has 0 saturated carbocycles. The molecule has 0 amide bonds. The van der Waals surface area contributed by atoms with Gasteiger partial charge in [-0.3, -0.25) is 10.1 Å². The minimum absolute atomic E-state index is 0.0745. The number of benzene rings is 1. The van der Waals surface area contributed by atoms with Crippen LogP contribution >= 0.6 is 27.3 Å². The van der Waals surface area contributed by atoms with E-state index in [-0.39, 0.29) is 5.69 Å². The number of non-ortho nitro benzene ring substituents is 1. The SMILES string of the molecule is O=[N+]([O-])c1ccc(F)c2scc(Br)c12. The van der Waals surface area contributed by atoms with Crippen LogP contribution < -0.4 is 0 Å². The number of hydrogen-bond donors (Lipinski definition) is 0. The van der Waals surface area contributed by atoms with Crippen molar-refractivity contribution in [3.8, 4) is 0 Å². The molecular weight excluding hydrogens is 273 g/mol. The predicted octanol–water partition coefficient (Wildman–Crippen LogP) is 3.71. The number of thiophene rings is 1. The predicted molar refractivity (Wildman–Crippen MR) is 56.1 cm³/mol. The number of hydrogen-bond acceptors (Lipinski definition) is 3. The molecule has 0 aliphatic heterocycles. The summed E-state index contributed by atoms with van der Waals surface area (Å²) in [5.41, 5.74) is -0.0745. The van der Waals surface area contributed by atoms with Crippen molar-refractivity contribution in [3.63, 3.8) is 0 Å². The Balaban J connectivity index is 2.92. The van der Waals surface area contributed by atoms with E-state index < -0.39 is 10.7 Å². The molecule has 0 bridgehead atoms. The van der Waals surface area contributed by atoms with Crippen molar-refractivity contribution in [2.24, 2.45) is 0 Å². The summed E-state index contributed by atoms with van der Waals surface area (Å²) in [6, 6.07) is 2.29. The lowest BCUT2D eigenvalue weighted by Gasteiger charge is -1.95. The quantitative estimate of drug-likeness (QED) is 0.588. The van der Waals surface area contributed by atoms with E-state index in [9.17, 15) is 14.5 Å². The first-order valence-corrected chi connectivity index (χ1v) is 5.28. The zero-order valence-electron chi connectivity index (χ0n) is 6.66. The van der Waals surface area contributed by atoms with Gasteiger partial charge >= 0.3 is 0 Å². The minimum Gasteiger partial charge on any atom is -0.258 e. The smallest absolute Gasteiger partial charge is 0.258 e. The molecule has 0 unspecified atom stereocenters. The summed E-state index contributed by atoms with van der Waals surface area (Å²) >= 11 is 4.31. The highest BCUT2D eigenvalue weighted by Crippen LogP contribution is 2.38. The molecule has 0 aliphatic rings. The number of halogens is 2. The summed E-state index contributed by atoms with van der Waals surface area (Å²) in [6.45, 7) is 0. The number of nitro benzene ring substituents is 1. The Morgan fingerprint density at radius 1 is 1.50 bits per heavy atom. The molecule has 0 aliphatic carbocycles. The molecule has 0 fully saturated rings. The van der Waals surface area contributed by atoms with Crippen LogP contribution in [-0.4, -0.2) is 4.92 Å². The van der Waals surface area contributed by atoms with Gasteiger partial charge in [-0.1, -0.05) is 0 Å². The van der Waals surface area contributed by atoms with E-state index in [4.69, 9.17) is 0 Å². The maximum absolute atomic E-state index is 13.2. The third kappa shape index (κ3) is 1.31. The van der Waals surface area contributed by atoms with Crippen molar-refractivity contribution < 1.29 is 9.31 Å². The number of nitrogens with zero attached hydrogens (tertiary/aromatic N) is 1. The number of fused-ring (bicyclic) bond motifs is 1. The van der Waals surface area contributed by atoms with Crippen LogP contribution in [0.25, 0.3) is 10.1 Å². The fourth-order valence-corrected chi connectivity index (χ4v) is 2.88. The Labute approximate surface area is 90.4 Å². The van der Waals surface area contributed by atoms with Gasteiger partial charge in [-0.15, -0.1) is 11.3 Å². The average Bonchev–Trinajstić information content (AvgIpc) is 2.50. The van der Waals surface area contributed by atoms with Gasteiger partial charge < -0.3 is 0 Å². The Hall–Kier alpha value is -1.01. The first kappa shape index (κ1) is 9.54. The Bertz CT molecular complexity index is 525. The van der Waals surface area contributed by atoms with Gasteiger partial charge in [0.2, 0.25) is 0 Å². The lowest BCUT2D eigenvalue weighted by molar-refractivity contribution is -0.383. The van der Waals surface area contributed by atoms with Crippen LogP contribution in [0.2, 0.25) is 0 Å². The molecule has 0 spiro atoms. The maximum atomic E-state index is 13.2. The fraction of sp³-hybridized carbons (Fsp3) is 0. The van der Waals surface area contributed by atoms with Crippen molar-refractivity contribution in [2.75, 3.05) is 0 Å². The van der Waals surface area contributed by atoms with Gasteiger partial charge in [0, 0.05) is 15.9 Å². The lowest BCUT2D eigenvalue weighted by Crippen LogP contribution is -1.89. The van der Waals surface area contributed by atoms with Crippen molar-refractivity contribution in [2.45, 2.75) is 0 Å². The third-order valence-electron chi connectivity index (χ3n) is 1.80. The molecule has 3 nitrogen and oxygen atoms in total. The van der Waals surface area contributed by atoms with E-state index in [2.05, 4.69) is 15.9 Å². The zero-order valence-corrected chi connectivity index (χ0v) is 9.06. The molecule has 0 radical (unpaired) electrons. The van der Waals surface area contributed by atoms with E-state index in [0.717, 1.165) is 17.4 Å². The second-order valence-electron chi connectivity index (χ2n) is 2.61. The minimum atomic E-state index is -0.515. The molecular formula is C8H3BrFNO2S. The second kappa shape index (κ2) is 3.29. The monoisotopic (exact) mass is 275 g/mol. The van der Waals surface area contributed by atoms with Crippen molar-refractivity contribution in [1.82, 2.24) is 0 Å². The molecule has 1 aromatic carbocycles. The normalized spacial score (nSPS) is 10.7. The van der Waals surface area contributed by atoms with Crippen LogP contribution in [0, 0.1) is 15.9 Å². The van der Waals surface area contributed by atoms with Crippen LogP contribution in [0.15, 0.2) is 22.0 Å². The summed E-state index contributed by atoms with van der Waals surface area (Å²) < 4.78 is 14.1. The molecule has 6 heteroatoms. The van der Waals surface area contributed by atoms with Gasteiger partial charge in [0.15, 0.2) is 0 Å². The summed E-state index contributed by atoms with van der Waals surface area (Å²) in [4.78, 5) is 10.1. The summed E-state index contributed by atoms with van der Waals surface area (Å²) in [5.74, 6) is -0.429. The van der Waals surface area contributed by atoms with E-state index in [1.54, 1.807) is 5.38 Å². The number of nitro groups is 1. The topological polar surface area (TPSA) is 43.1 Å². The van der Waals surface area contributed by atoms with Crippen molar-refractivity contribution in [1.29, 1.82) is 0 Å². The third-order valence-corrected chi connectivity index (χ3v) is 3.72. The zero-order chi connectivity index (χ0) is 10.3. The van der Waals surface area contributed by atoms with Gasteiger partial charge in [-0.2, -0.15) is 0 Å². The van der Waals surface area contributed by atoms with Gasteiger partial charge in [-0.05, 0) is 22.0 Å². The standard InChI is InChI=1S/C8H3BrFNO2S/c9-4-3-14-8-5(10)1-2-6(7(4)8)11(12)13/h1-3H. The molecule has 0 N–H and O–H groups in total. The van der Waals surface area contributed by atoms with Crippen LogP contribution in [0.1, 0.15) is 0 Å². The van der Waals surface area contributed by atoms with Crippen LogP contribution in [0.4, 0.5) is 10.1 Å². The van der Waals surface area contributed by atoms with Gasteiger partial charge in [0.25, 0.3) is 5.69 Å². The van der Waals surface area contributed by atoms with Crippen molar-refractivity contribution >= 4 is 43.0 Å². The summed E-state index contributed by atoms with van der Waals surface area (Å²) in [6.07, 6.45) is 0. The van der Waals surface area contributed by atoms with Crippen LogP contribution in [0.5, 0.6) is 0 Å². The molecule has 0 atom stereocenters. The fourth-order valence-electron chi connectivity index (χ4n) is 1.21. The lowest BCUT2D eigenvalue weighted by atomic mass is 10.2. The van der Waals surface area contributed by atoms with Crippen molar-refractivity contribution in [3.05, 3.63) is 37.9 Å². The highest BCUT2D eigenvalue weighted by atomic mass is 79.9. The van der Waals surface area contributed by atoms with E-state index >= 15 is 0 Å². The van der Waals surface area contributed by atoms with E-state index in [0.29, 0.717) is 14.6 Å². The second-order valence-corrected chi connectivity index (χ2v) is 4.35. The van der Waals surface area contributed by atoms with E-state index in [1.807, 2.05) is 0 Å². The summed E-state index contributed by atoms with van der Waals surface area (Å²) in [7, 11) is 0. The van der Waals surface area contributed by atoms with Crippen LogP contribution in [0.3, 0.4) is 0 Å². The number of rotatable bonds is 1. The largest absolute Gasteiger partial charge is 0.279 e. The average molecular weight is 276 g/mol.